The van der Waals surface area contributed by atoms with Gasteiger partial charge in [-0.1, -0.05) is 218 Å². The highest BCUT2D eigenvalue weighted by atomic mass is 15.4. The Hall–Kier alpha value is -8.62. The van der Waals surface area contributed by atoms with Gasteiger partial charge in [-0.25, -0.2) is 0 Å². The fraction of sp³-hybridized carbons (Fsp3) is 0.0833. The van der Waals surface area contributed by atoms with E-state index in [4.69, 9.17) is 0 Å². The highest BCUT2D eigenvalue weighted by molar-refractivity contribution is 6.08. The second-order valence-corrected chi connectivity index (χ2v) is 20.6. The van der Waals surface area contributed by atoms with Crippen molar-refractivity contribution in [3.63, 3.8) is 0 Å². The van der Waals surface area contributed by atoms with Crippen molar-refractivity contribution in [2.75, 3.05) is 6.54 Å². The van der Waals surface area contributed by atoms with Gasteiger partial charge in [-0.15, -0.1) is 0 Å². The highest BCUT2D eigenvalue weighted by Crippen LogP contribution is 2.51. The van der Waals surface area contributed by atoms with Crippen LogP contribution in [0.5, 0.6) is 0 Å². The first-order valence-electron chi connectivity index (χ1n) is 26.1. The van der Waals surface area contributed by atoms with E-state index < -0.39 is 0 Å². The van der Waals surface area contributed by atoms with E-state index in [0.29, 0.717) is 0 Å². The van der Waals surface area contributed by atoms with Gasteiger partial charge in [0.2, 0.25) is 0 Å². The van der Waals surface area contributed by atoms with Crippen LogP contribution in [-0.4, -0.2) is 11.0 Å². The van der Waals surface area contributed by atoms with Crippen LogP contribution in [0.1, 0.15) is 40.7 Å². The van der Waals surface area contributed by atoms with E-state index in [2.05, 4.69) is 255 Å². The molecule has 2 aliphatic heterocycles. The molecule has 11 aromatic rings. The summed E-state index contributed by atoms with van der Waals surface area (Å²) in [7, 11) is 0. The van der Waals surface area contributed by atoms with E-state index >= 15 is 0 Å². The molecule has 1 nitrogen and oxygen atoms in total. The SMILES string of the molecule is C1=C(c2cc(-c3ccccc3)cc(-c3ccccc3)c2)C2=C(CC1)c1cccc(-c3cc(-c4ccccc4)cc(-c4ccccc4)c3)c1C[N+]1(C2)Cc2ccc3ccccc3c2-c2c(ccc3ccccc23)C1. The van der Waals surface area contributed by atoms with Crippen LogP contribution in [-0.2, 0) is 19.6 Å². The van der Waals surface area contributed by atoms with Crippen LogP contribution in [0.3, 0.4) is 0 Å². The van der Waals surface area contributed by atoms with Gasteiger partial charge in [-0.2, -0.15) is 0 Å². The lowest BCUT2D eigenvalue weighted by Crippen LogP contribution is -2.46. The zero-order valence-electron chi connectivity index (χ0n) is 40.9. The van der Waals surface area contributed by atoms with Crippen LogP contribution in [0.2, 0.25) is 0 Å². The van der Waals surface area contributed by atoms with Crippen LogP contribution < -0.4 is 0 Å². The van der Waals surface area contributed by atoms with Crippen molar-refractivity contribution in [3.05, 3.63) is 288 Å². The van der Waals surface area contributed by atoms with Gasteiger partial charge in [0.1, 0.15) is 26.2 Å². The summed E-state index contributed by atoms with van der Waals surface area (Å²) in [6.45, 7) is 3.60. The Balaban J connectivity index is 1.04. The molecule has 0 aromatic heterocycles. The van der Waals surface area contributed by atoms with Crippen molar-refractivity contribution >= 4 is 32.7 Å². The second-order valence-electron chi connectivity index (χ2n) is 20.6. The number of quaternary nitrogens is 1. The molecule has 3 aliphatic rings. The van der Waals surface area contributed by atoms with Gasteiger partial charge < -0.3 is 4.48 Å². The van der Waals surface area contributed by atoms with Gasteiger partial charge in [-0.3, -0.25) is 0 Å². The summed E-state index contributed by atoms with van der Waals surface area (Å²) in [5, 5.41) is 5.26. The molecule has 0 radical (unpaired) electrons. The molecule has 0 bridgehead atoms. The van der Waals surface area contributed by atoms with Crippen molar-refractivity contribution in [2.45, 2.75) is 32.5 Å². The van der Waals surface area contributed by atoms with Crippen molar-refractivity contribution in [1.82, 2.24) is 0 Å². The molecule has 0 N–H and O–H groups in total. The van der Waals surface area contributed by atoms with Crippen LogP contribution in [0.25, 0.3) is 99.5 Å². The number of allylic oxidation sites excluding steroid dienone is 2. The third kappa shape index (κ3) is 7.76. The fourth-order valence-electron chi connectivity index (χ4n) is 12.8. The molecule has 2 heterocycles. The largest absolute Gasteiger partial charge is 0.309 e. The van der Waals surface area contributed by atoms with Crippen molar-refractivity contribution < 1.29 is 4.48 Å². The molecule has 73 heavy (non-hydrogen) atoms. The summed E-state index contributed by atoms with van der Waals surface area (Å²) >= 11 is 0. The van der Waals surface area contributed by atoms with Gasteiger partial charge in [0.15, 0.2) is 0 Å². The third-order valence-corrected chi connectivity index (χ3v) is 16.1. The number of rotatable bonds is 6. The monoisotopic (exact) mass is 932 g/mol. The van der Waals surface area contributed by atoms with Crippen molar-refractivity contribution in [3.8, 4) is 66.8 Å². The summed E-state index contributed by atoms with van der Waals surface area (Å²) in [6, 6.07) is 93.6. The van der Waals surface area contributed by atoms with Gasteiger partial charge >= 0.3 is 0 Å². The maximum Gasteiger partial charge on any atom is 0.106 e. The first-order chi connectivity index (χ1) is 36.1. The quantitative estimate of drug-likeness (QED) is 0.146. The minimum Gasteiger partial charge on any atom is -0.309 e. The van der Waals surface area contributed by atoms with E-state index in [1.54, 1.807) is 0 Å². The fourth-order valence-corrected chi connectivity index (χ4v) is 12.8. The summed E-state index contributed by atoms with van der Waals surface area (Å²) in [5.41, 5.74) is 26.6. The molecule has 0 atom stereocenters. The summed E-state index contributed by atoms with van der Waals surface area (Å²) < 4.78 is 0.866. The van der Waals surface area contributed by atoms with Crippen molar-refractivity contribution in [1.29, 1.82) is 0 Å². The number of fused-ring (bicyclic) bond motifs is 9. The molecule has 1 heteroatoms. The highest BCUT2D eigenvalue weighted by Gasteiger charge is 2.41. The molecule has 0 amide bonds. The molecule has 0 unspecified atom stereocenters. The lowest BCUT2D eigenvalue weighted by molar-refractivity contribution is -0.961. The predicted molar refractivity (Wildman–Crippen MR) is 307 cm³/mol. The van der Waals surface area contributed by atoms with E-state index in [0.717, 1.165) is 43.5 Å². The minimum absolute atomic E-state index is 0.866. The molecule has 346 valence electrons. The maximum atomic E-state index is 2.58. The van der Waals surface area contributed by atoms with Gasteiger partial charge in [0, 0.05) is 22.3 Å². The minimum atomic E-state index is 0.866. The van der Waals surface area contributed by atoms with Crippen molar-refractivity contribution in [2.24, 2.45) is 0 Å². The topological polar surface area (TPSA) is 0 Å². The summed E-state index contributed by atoms with van der Waals surface area (Å²) in [5.74, 6) is 0. The number of benzene rings is 11. The van der Waals surface area contributed by atoms with Crippen LogP contribution in [0.15, 0.2) is 260 Å². The third-order valence-electron chi connectivity index (χ3n) is 16.1. The number of nitrogens with zero attached hydrogens (tertiary/aromatic N) is 1. The lowest BCUT2D eigenvalue weighted by atomic mass is 9.80. The Morgan fingerprint density at radius 3 is 1.21 bits per heavy atom. The molecule has 11 aromatic carbocycles. The summed E-state index contributed by atoms with van der Waals surface area (Å²) in [4.78, 5) is 0. The molecular weight excluding hydrogens is 879 g/mol. The average molecular weight is 933 g/mol. The number of hydrogen-bond acceptors (Lipinski definition) is 0. The zero-order chi connectivity index (χ0) is 48.3. The van der Waals surface area contributed by atoms with E-state index in [1.807, 2.05) is 0 Å². The van der Waals surface area contributed by atoms with Crippen LogP contribution in [0.4, 0.5) is 0 Å². The number of hydrogen-bond donors (Lipinski definition) is 0. The Labute approximate surface area is 428 Å². The molecular formula is C72H54N+. The van der Waals surface area contributed by atoms with Crippen LogP contribution >= 0.6 is 0 Å². The van der Waals surface area contributed by atoms with Gasteiger partial charge in [0.05, 0.1) is 0 Å². The Kier molecular flexibility index (Phi) is 10.6. The molecule has 0 saturated carbocycles. The lowest BCUT2D eigenvalue weighted by Gasteiger charge is -2.39. The second kappa shape index (κ2) is 17.9. The normalized spacial score (nSPS) is 14.7. The first kappa shape index (κ1) is 43.2. The smallest absolute Gasteiger partial charge is 0.106 e. The maximum absolute atomic E-state index is 2.58. The van der Waals surface area contributed by atoms with Crippen LogP contribution in [0, 0.1) is 0 Å². The molecule has 1 spiro atoms. The predicted octanol–water partition coefficient (Wildman–Crippen LogP) is 18.7. The first-order valence-corrected chi connectivity index (χ1v) is 26.1. The van der Waals surface area contributed by atoms with Gasteiger partial charge in [0.25, 0.3) is 0 Å². The molecule has 14 rings (SSSR count). The van der Waals surface area contributed by atoms with E-state index in [9.17, 15) is 0 Å². The standard InChI is InChI=1S/C72H54N/c1-5-19-49(20-6-1)57-39-58(50-21-7-2-8-22-50)42-61(41-57)63-31-17-33-67-68-34-18-32-64(62-43-59(51-23-9-3-10-24-51)40-60(44-62)52-25-11-4-12-26-52)70(68)48-73(47-69(63)67)45-55-37-35-53-27-13-15-29-65(53)71(55)72-56(46-73)38-36-54-28-14-16-30-66(54)72/h1-17,19-33,35-44H,18,34,45-48H2/q+1. The van der Waals surface area contributed by atoms with E-state index in [-0.39, 0.29) is 0 Å². The summed E-state index contributed by atoms with van der Waals surface area (Å²) in [6.07, 6.45) is 4.57. The Morgan fingerprint density at radius 1 is 0.288 bits per heavy atom. The average Bonchev–Trinajstić information content (AvgIpc) is 3.72. The van der Waals surface area contributed by atoms with E-state index in [1.165, 1.54) is 133 Å². The Morgan fingerprint density at radius 2 is 0.712 bits per heavy atom. The molecule has 1 aliphatic carbocycles. The Bertz CT molecular complexity index is 3790. The van der Waals surface area contributed by atoms with Gasteiger partial charge in [-0.05, 0) is 160 Å². The molecule has 0 saturated heterocycles. The zero-order valence-corrected chi connectivity index (χ0v) is 40.9. The molecule has 0 fully saturated rings.